The van der Waals surface area contributed by atoms with E-state index in [1.54, 1.807) is 24.3 Å². The normalized spacial score (nSPS) is 18.2. The number of benzene rings is 2. The summed E-state index contributed by atoms with van der Waals surface area (Å²) in [6, 6.07) is 12.2. The molecule has 0 heterocycles. The smallest absolute Gasteiger partial charge is 0.426 e. The van der Waals surface area contributed by atoms with E-state index in [0.717, 1.165) is 38.5 Å². The van der Waals surface area contributed by atoms with Gasteiger partial charge in [0.15, 0.2) is 0 Å². The van der Waals surface area contributed by atoms with Crippen molar-refractivity contribution in [3.05, 3.63) is 72.3 Å². The second-order valence-corrected chi connectivity index (χ2v) is 7.85. The summed E-state index contributed by atoms with van der Waals surface area (Å²) in [5, 5.41) is 0. The highest BCUT2D eigenvalue weighted by Gasteiger charge is 2.31. The molecule has 0 aliphatic heterocycles. The predicted molar refractivity (Wildman–Crippen MR) is 116 cm³/mol. The van der Waals surface area contributed by atoms with E-state index in [4.69, 9.17) is 4.74 Å². The molecule has 1 aliphatic carbocycles. The molecule has 0 radical (unpaired) electrons. The molecule has 0 amide bonds. The molecule has 0 spiro atoms. The molecular weight excluding hydrogens is 417 g/mol. The molecule has 168 valence electrons. The van der Waals surface area contributed by atoms with Gasteiger partial charge in [-0.25, -0.2) is 0 Å². The number of hydrogen-bond donors (Lipinski definition) is 0. The van der Waals surface area contributed by atoms with Gasteiger partial charge >= 0.3 is 12.3 Å². The van der Waals surface area contributed by atoms with Gasteiger partial charge in [-0.2, -0.15) is 0 Å². The van der Waals surface area contributed by atoms with E-state index in [2.05, 4.69) is 23.2 Å². The third-order valence-corrected chi connectivity index (χ3v) is 5.47. The van der Waals surface area contributed by atoms with E-state index in [-0.39, 0.29) is 17.6 Å². The van der Waals surface area contributed by atoms with Crippen LogP contribution in [0.2, 0.25) is 0 Å². The maximum Gasteiger partial charge on any atom is 0.573 e. The van der Waals surface area contributed by atoms with Crippen molar-refractivity contribution in [2.45, 2.75) is 44.9 Å². The van der Waals surface area contributed by atoms with Crippen molar-refractivity contribution in [3.63, 3.8) is 0 Å². The fourth-order valence-electron chi connectivity index (χ4n) is 3.73. The molecule has 2 aromatic carbocycles. The fourth-order valence-corrected chi connectivity index (χ4v) is 3.73. The third kappa shape index (κ3) is 7.49. The van der Waals surface area contributed by atoms with Crippen molar-refractivity contribution in [2.24, 2.45) is 11.8 Å². The molecule has 2 aromatic rings. The van der Waals surface area contributed by atoms with Crippen LogP contribution < -0.4 is 9.47 Å². The number of hydrogen-bond acceptors (Lipinski definition) is 3. The Labute approximate surface area is 186 Å². The Morgan fingerprint density at radius 2 is 1.47 bits per heavy atom. The highest BCUT2D eigenvalue weighted by Crippen LogP contribution is 2.32. The van der Waals surface area contributed by atoms with Crippen molar-refractivity contribution in [1.82, 2.24) is 0 Å². The Bertz CT molecular complexity index is 959. The maximum absolute atomic E-state index is 12.5. The quantitative estimate of drug-likeness (QED) is 0.217. The van der Waals surface area contributed by atoms with Crippen molar-refractivity contribution in [3.8, 4) is 23.3 Å². The molecule has 0 N–H and O–H groups in total. The van der Waals surface area contributed by atoms with Gasteiger partial charge in [0.25, 0.3) is 0 Å². The largest absolute Gasteiger partial charge is 0.573 e. The number of halogens is 3. The molecule has 0 atom stereocenters. The van der Waals surface area contributed by atoms with Gasteiger partial charge < -0.3 is 9.47 Å². The fraction of sp³-hybridized carbons (Fsp3) is 0.346. The van der Waals surface area contributed by atoms with Crippen LogP contribution in [0.5, 0.6) is 11.5 Å². The van der Waals surface area contributed by atoms with Gasteiger partial charge in [0.05, 0.1) is 5.92 Å². The number of ether oxygens (including phenoxy) is 2. The number of allylic oxidation sites excluding steroid dienone is 1. The zero-order valence-corrected chi connectivity index (χ0v) is 17.7. The first-order valence-electron chi connectivity index (χ1n) is 10.6. The zero-order chi connectivity index (χ0) is 23.0. The molecule has 0 bridgehead atoms. The maximum atomic E-state index is 12.5. The second kappa shape index (κ2) is 10.9. The van der Waals surface area contributed by atoms with Crippen LogP contribution in [0.4, 0.5) is 13.2 Å². The summed E-state index contributed by atoms with van der Waals surface area (Å²) in [5.41, 5.74) is 1.25. The van der Waals surface area contributed by atoms with Crippen molar-refractivity contribution in [2.75, 3.05) is 0 Å². The van der Waals surface area contributed by atoms with E-state index in [9.17, 15) is 18.0 Å². The Morgan fingerprint density at radius 3 is 1.97 bits per heavy atom. The van der Waals surface area contributed by atoms with Crippen LogP contribution in [0.15, 0.2) is 61.2 Å². The summed E-state index contributed by atoms with van der Waals surface area (Å²) in [5.74, 6) is 6.42. The SMILES string of the molecule is C=CCCC1CCC(C(=O)Oc2ccc(C#Cc3ccc(OC(F)(F)F)cc3)cc2)CC1. The molecule has 3 rings (SSSR count). The van der Waals surface area contributed by atoms with Crippen LogP contribution >= 0.6 is 0 Å². The highest BCUT2D eigenvalue weighted by atomic mass is 19.4. The monoisotopic (exact) mass is 442 g/mol. The summed E-state index contributed by atoms with van der Waals surface area (Å²) in [6.45, 7) is 3.76. The van der Waals surface area contributed by atoms with E-state index >= 15 is 0 Å². The third-order valence-electron chi connectivity index (χ3n) is 5.47. The van der Waals surface area contributed by atoms with Crippen molar-refractivity contribution in [1.29, 1.82) is 0 Å². The Balaban J connectivity index is 1.50. The first-order chi connectivity index (χ1) is 15.3. The summed E-state index contributed by atoms with van der Waals surface area (Å²) in [6.07, 6.45) is 3.19. The molecule has 1 fully saturated rings. The first-order valence-corrected chi connectivity index (χ1v) is 10.6. The lowest BCUT2D eigenvalue weighted by Crippen LogP contribution is -2.25. The lowest BCUT2D eigenvalue weighted by Gasteiger charge is -2.26. The van der Waals surface area contributed by atoms with Crippen LogP contribution in [0.3, 0.4) is 0 Å². The van der Waals surface area contributed by atoms with Gasteiger partial charge in [-0.05, 0) is 93.0 Å². The molecule has 0 saturated heterocycles. The van der Waals surface area contributed by atoms with Gasteiger partial charge in [0.1, 0.15) is 11.5 Å². The topological polar surface area (TPSA) is 35.5 Å². The van der Waals surface area contributed by atoms with Crippen LogP contribution in [-0.2, 0) is 4.79 Å². The minimum Gasteiger partial charge on any atom is -0.426 e. The lowest BCUT2D eigenvalue weighted by atomic mass is 9.80. The standard InChI is InChI=1S/C26H25F3O3/c1-2-3-4-19-7-13-22(14-8-19)25(30)31-23-15-9-20(10-16-23)5-6-21-11-17-24(18-12-21)32-26(27,28)29/h2,9-12,15-19,22H,1,3-4,7-8,13-14H2. The van der Waals surface area contributed by atoms with Gasteiger partial charge in [-0.3, -0.25) is 4.79 Å². The number of esters is 1. The van der Waals surface area contributed by atoms with Crippen LogP contribution in [0.25, 0.3) is 0 Å². The van der Waals surface area contributed by atoms with E-state index < -0.39 is 6.36 Å². The lowest BCUT2D eigenvalue weighted by molar-refractivity contribution is -0.274. The second-order valence-electron chi connectivity index (χ2n) is 7.85. The molecule has 0 unspecified atom stereocenters. The molecular formula is C26H25F3O3. The number of carbonyl (C=O) groups excluding carboxylic acids is 1. The molecule has 1 saturated carbocycles. The number of rotatable bonds is 6. The molecule has 1 aliphatic rings. The Morgan fingerprint density at radius 1 is 0.938 bits per heavy atom. The van der Waals surface area contributed by atoms with Gasteiger partial charge in [-0.15, -0.1) is 19.8 Å². The number of carbonyl (C=O) groups is 1. The zero-order valence-electron chi connectivity index (χ0n) is 17.7. The van der Waals surface area contributed by atoms with E-state index in [1.807, 2.05) is 6.08 Å². The van der Waals surface area contributed by atoms with Crippen LogP contribution in [-0.4, -0.2) is 12.3 Å². The van der Waals surface area contributed by atoms with E-state index in [0.29, 0.717) is 22.8 Å². The van der Waals surface area contributed by atoms with Gasteiger partial charge in [0, 0.05) is 11.1 Å². The Kier molecular flexibility index (Phi) is 7.99. The highest BCUT2D eigenvalue weighted by molar-refractivity contribution is 5.75. The van der Waals surface area contributed by atoms with Crippen molar-refractivity contribution < 1.29 is 27.4 Å². The predicted octanol–water partition coefficient (Wildman–Crippen LogP) is 6.66. The van der Waals surface area contributed by atoms with E-state index in [1.165, 1.54) is 24.3 Å². The van der Waals surface area contributed by atoms with Crippen LogP contribution in [0, 0.1) is 23.7 Å². The van der Waals surface area contributed by atoms with Gasteiger partial charge in [0.2, 0.25) is 0 Å². The summed E-state index contributed by atoms with van der Waals surface area (Å²) in [7, 11) is 0. The minimum atomic E-state index is -4.72. The molecule has 6 heteroatoms. The van der Waals surface area contributed by atoms with Crippen molar-refractivity contribution >= 4 is 5.97 Å². The summed E-state index contributed by atoms with van der Waals surface area (Å²) >= 11 is 0. The summed E-state index contributed by atoms with van der Waals surface area (Å²) < 4.78 is 46.0. The molecule has 3 nitrogen and oxygen atoms in total. The average molecular weight is 442 g/mol. The van der Waals surface area contributed by atoms with Crippen LogP contribution in [0.1, 0.15) is 49.7 Å². The molecule has 0 aromatic heterocycles. The Hall–Kier alpha value is -3.20. The first kappa shape index (κ1) is 23.5. The molecule has 32 heavy (non-hydrogen) atoms. The minimum absolute atomic E-state index is 0.0567. The average Bonchev–Trinajstić information content (AvgIpc) is 2.77. The number of alkyl halides is 3. The van der Waals surface area contributed by atoms with Gasteiger partial charge in [-0.1, -0.05) is 17.9 Å². The summed E-state index contributed by atoms with van der Waals surface area (Å²) in [4.78, 5) is 12.5.